The van der Waals surface area contributed by atoms with Gasteiger partial charge in [0.25, 0.3) is 5.91 Å². The number of halogens is 1. The van der Waals surface area contributed by atoms with E-state index < -0.39 is 5.97 Å². The van der Waals surface area contributed by atoms with E-state index in [9.17, 15) is 14.7 Å². The van der Waals surface area contributed by atoms with Crippen molar-refractivity contribution in [1.82, 2.24) is 0 Å². The lowest BCUT2D eigenvalue weighted by Gasteiger charge is -2.33. The monoisotopic (exact) mass is 372 g/mol. The third kappa shape index (κ3) is 3.99. The van der Waals surface area contributed by atoms with Gasteiger partial charge >= 0.3 is 5.97 Å². The van der Waals surface area contributed by atoms with Crippen molar-refractivity contribution in [3.8, 4) is 0 Å². The van der Waals surface area contributed by atoms with Crippen LogP contribution in [0.15, 0.2) is 42.5 Å². The summed E-state index contributed by atoms with van der Waals surface area (Å²) in [5.74, 6) is -0.715. The summed E-state index contributed by atoms with van der Waals surface area (Å²) in [4.78, 5) is 26.2. The molecule has 1 heterocycles. The summed E-state index contributed by atoms with van der Waals surface area (Å²) in [6.07, 6.45) is 2.14. The van der Waals surface area contributed by atoms with E-state index in [1.807, 2.05) is 0 Å². The van der Waals surface area contributed by atoms with Crippen molar-refractivity contribution in [2.24, 2.45) is 5.92 Å². The third-order valence-corrected chi connectivity index (χ3v) is 5.06. The number of hydrogen-bond donors (Lipinski definition) is 2. The average Bonchev–Trinajstić information content (AvgIpc) is 2.62. The molecule has 1 aliphatic heterocycles. The van der Waals surface area contributed by atoms with Crippen molar-refractivity contribution < 1.29 is 14.7 Å². The van der Waals surface area contributed by atoms with Crippen LogP contribution in [-0.4, -0.2) is 30.1 Å². The number of piperidine rings is 1. The number of amides is 1. The summed E-state index contributed by atoms with van der Waals surface area (Å²) < 4.78 is 0. The molecular weight excluding hydrogens is 352 g/mol. The van der Waals surface area contributed by atoms with E-state index >= 15 is 0 Å². The Hall–Kier alpha value is -2.53. The van der Waals surface area contributed by atoms with E-state index in [-0.39, 0.29) is 11.5 Å². The van der Waals surface area contributed by atoms with Crippen molar-refractivity contribution in [1.29, 1.82) is 0 Å². The first-order valence-electron chi connectivity index (χ1n) is 8.64. The summed E-state index contributed by atoms with van der Waals surface area (Å²) in [6.45, 7) is 3.98. The van der Waals surface area contributed by atoms with Crippen LogP contribution in [0.4, 0.5) is 11.4 Å². The van der Waals surface area contributed by atoms with E-state index in [2.05, 4.69) is 17.1 Å². The number of nitrogens with zero attached hydrogens (tertiary/aromatic N) is 1. The number of rotatable bonds is 4. The number of carbonyl (C=O) groups is 2. The van der Waals surface area contributed by atoms with Gasteiger partial charge in [-0.2, -0.15) is 0 Å². The lowest BCUT2D eigenvalue weighted by atomic mass is 9.98. The molecule has 5 nitrogen and oxygen atoms in total. The van der Waals surface area contributed by atoms with Gasteiger partial charge in [0.15, 0.2) is 0 Å². The van der Waals surface area contributed by atoms with E-state index in [1.165, 1.54) is 6.07 Å². The van der Waals surface area contributed by atoms with Crippen LogP contribution < -0.4 is 10.2 Å². The molecule has 2 aromatic carbocycles. The van der Waals surface area contributed by atoms with Crippen LogP contribution in [0.5, 0.6) is 0 Å². The Morgan fingerprint density at radius 2 is 1.85 bits per heavy atom. The van der Waals surface area contributed by atoms with Crippen LogP contribution in [0.2, 0.25) is 5.02 Å². The molecular formula is C20H21ClN2O3. The minimum Gasteiger partial charge on any atom is -0.478 e. The van der Waals surface area contributed by atoms with Crippen LogP contribution in [0.25, 0.3) is 0 Å². The molecule has 0 aromatic heterocycles. The molecule has 1 amide bonds. The molecule has 0 radical (unpaired) electrons. The fraction of sp³-hybridized carbons (Fsp3) is 0.300. The van der Waals surface area contributed by atoms with Crippen molar-refractivity contribution >= 4 is 34.9 Å². The van der Waals surface area contributed by atoms with Crippen molar-refractivity contribution in [3.05, 3.63) is 58.6 Å². The summed E-state index contributed by atoms with van der Waals surface area (Å²) in [7, 11) is 0. The van der Waals surface area contributed by atoms with Crippen LogP contribution in [0.3, 0.4) is 0 Å². The molecule has 0 unspecified atom stereocenters. The van der Waals surface area contributed by atoms with Gasteiger partial charge in [-0.15, -0.1) is 0 Å². The van der Waals surface area contributed by atoms with Gasteiger partial charge in [-0.25, -0.2) is 4.79 Å². The van der Waals surface area contributed by atoms with E-state index in [4.69, 9.17) is 11.6 Å². The lowest BCUT2D eigenvalue weighted by molar-refractivity contribution is 0.0696. The third-order valence-electron chi connectivity index (χ3n) is 4.73. The molecule has 1 saturated heterocycles. The quantitative estimate of drug-likeness (QED) is 0.827. The molecule has 1 fully saturated rings. The summed E-state index contributed by atoms with van der Waals surface area (Å²) in [6, 6.07) is 11.6. The molecule has 0 spiro atoms. The van der Waals surface area contributed by atoms with Crippen LogP contribution in [-0.2, 0) is 0 Å². The fourth-order valence-electron chi connectivity index (χ4n) is 3.13. The topological polar surface area (TPSA) is 69.6 Å². The zero-order valence-electron chi connectivity index (χ0n) is 14.5. The van der Waals surface area contributed by atoms with Crippen molar-refractivity contribution in [3.63, 3.8) is 0 Å². The SMILES string of the molecule is CC1CCN(c2ccc(C(=O)O)cc2NC(=O)c2ccccc2Cl)CC1. The zero-order chi connectivity index (χ0) is 18.7. The average molecular weight is 373 g/mol. The first-order chi connectivity index (χ1) is 12.5. The van der Waals surface area contributed by atoms with Gasteiger partial charge in [0.1, 0.15) is 0 Å². The van der Waals surface area contributed by atoms with Gasteiger partial charge in [-0.3, -0.25) is 4.79 Å². The van der Waals surface area contributed by atoms with Crippen LogP contribution in [0.1, 0.15) is 40.5 Å². The molecule has 6 heteroatoms. The highest BCUT2D eigenvalue weighted by atomic mass is 35.5. The van der Waals surface area contributed by atoms with E-state index in [1.54, 1.807) is 36.4 Å². The molecule has 2 N–H and O–H groups in total. The smallest absolute Gasteiger partial charge is 0.335 e. The highest BCUT2D eigenvalue weighted by Gasteiger charge is 2.21. The molecule has 136 valence electrons. The Morgan fingerprint density at radius 3 is 2.50 bits per heavy atom. The number of anilines is 2. The van der Waals surface area contributed by atoms with Gasteiger partial charge in [0.2, 0.25) is 0 Å². The zero-order valence-corrected chi connectivity index (χ0v) is 15.3. The second-order valence-corrected chi connectivity index (χ2v) is 7.05. The molecule has 0 aliphatic carbocycles. The molecule has 26 heavy (non-hydrogen) atoms. The highest BCUT2D eigenvalue weighted by molar-refractivity contribution is 6.34. The van der Waals surface area contributed by atoms with Gasteiger partial charge in [-0.05, 0) is 49.1 Å². The number of carboxylic acid groups (broad SMARTS) is 1. The largest absolute Gasteiger partial charge is 0.478 e. The Morgan fingerprint density at radius 1 is 1.15 bits per heavy atom. The first-order valence-corrected chi connectivity index (χ1v) is 9.01. The van der Waals surface area contributed by atoms with Crippen molar-refractivity contribution in [2.45, 2.75) is 19.8 Å². The minimum atomic E-state index is -1.03. The van der Waals surface area contributed by atoms with Crippen LogP contribution >= 0.6 is 11.6 Å². The Kier molecular flexibility index (Phi) is 5.47. The van der Waals surface area contributed by atoms with Crippen molar-refractivity contribution in [2.75, 3.05) is 23.3 Å². The van der Waals surface area contributed by atoms with Crippen LogP contribution in [0, 0.1) is 5.92 Å². The molecule has 0 atom stereocenters. The second kappa shape index (κ2) is 7.79. The van der Waals surface area contributed by atoms with E-state index in [0.717, 1.165) is 31.6 Å². The number of aromatic carboxylic acids is 1. The predicted octanol–water partition coefficient (Wildman–Crippen LogP) is 4.53. The number of benzene rings is 2. The molecule has 0 saturated carbocycles. The number of nitrogens with one attached hydrogen (secondary N) is 1. The highest BCUT2D eigenvalue weighted by Crippen LogP contribution is 2.31. The van der Waals surface area contributed by atoms with Gasteiger partial charge < -0.3 is 15.3 Å². The summed E-state index contributed by atoms with van der Waals surface area (Å²) in [5.41, 5.74) is 1.81. The van der Waals surface area contributed by atoms with Gasteiger partial charge in [-0.1, -0.05) is 30.7 Å². The minimum absolute atomic E-state index is 0.133. The Labute approximate surface area is 157 Å². The number of carboxylic acids is 1. The molecule has 3 rings (SSSR count). The van der Waals surface area contributed by atoms with Gasteiger partial charge in [0, 0.05) is 13.1 Å². The Bertz CT molecular complexity index is 830. The maximum atomic E-state index is 12.6. The number of hydrogen-bond acceptors (Lipinski definition) is 3. The normalized spacial score (nSPS) is 14.9. The lowest BCUT2D eigenvalue weighted by Crippen LogP contribution is -2.33. The standard InChI is InChI=1S/C20H21ClN2O3/c1-13-8-10-23(11-9-13)18-7-6-14(20(25)26)12-17(18)22-19(24)15-4-2-3-5-16(15)21/h2-7,12-13H,8-11H2,1H3,(H,22,24)(H,25,26). The maximum Gasteiger partial charge on any atom is 0.335 e. The maximum absolute atomic E-state index is 12.6. The first kappa shape index (κ1) is 18.3. The molecule has 0 bridgehead atoms. The second-order valence-electron chi connectivity index (χ2n) is 6.64. The van der Waals surface area contributed by atoms with E-state index in [0.29, 0.717) is 22.2 Å². The fourth-order valence-corrected chi connectivity index (χ4v) is 3.35. The Balaban J connectivity index is 1.92. The predicted molar refractivity (Wildman–Crippen MR) is 103 cm³/mol. The summed E-state index contributed by atoms with van der Waals surface area (Å²) in [5, 5.41) is 12.5. The van der Waals surface area contributed by atoms with Gasteiger partial charge in [0.05, 0.1) is 27.5 Å². The molecule has 2 aromatic rings. The summed E-state index contributed by atoms with van der Waals surface area (Å²) >= 11 is 6.11. The number of carbonyl (C=O) groups excluding carboxylic acids is 1. The molecule has 1 aliphatic rings.